The van der Waals surface area contributed by atoms with E-state index in [2.05, 4.69) is 20.1 Å². The second-order valence-electron chi connectivity index (χ2n) is 6.91. The minimum atomic E-state index is -0.683. The zero-order valence-corrected chi connectivity index (χ0v) is 15.8. The number of aromatic nitrogens is 5. The molecular formula is C21H17FN6O2. The van der Waals surface area contributed by atoms with Crippen LogP contribution in [0.5, 0.6) is 0 Å². The van der Waals surface area contributed by atoms with Crippen LogP contribution in [0.3, 0.4) is 0 Å². The first-order chi connectivity index (χ1) is 14.7. The van der Waals surface area contributed by atoms with Crippen molar-refractivity contribution in [2.24, 2.45) is 0 Å². The first kappa shape index (κ1) is 18.3. The van der Waals surface area contributed by atoms with Crippen LogP contribution in [0.4, 0.5) is 4.39 Å². The van der Waals surface area contributed by atoms with Gasteiger partial charge in [0.25, 0.3) is 5.91 Å². The van der Waals surface area contributed by atoms with Gasteiger partial charge in [0.05, 0.1) is 13.2 Å². The second-order valence-corrected chi connectivity index (χ2v) is 6.91. The van der Waals surface area contributed by atoms with Gasteiger partial charge in [-0.2, -0.15) is 4.39 Å². The summed E-state index contributed by atoms with van der Waals surface area (Å²) < 4.78 is 20.9. The van der Waals surface area contributed by atoms with Crippen molar-refractivity contribution in [2.75, 3.05) is 19.7 Å². The van der Waals surface area contributed by atoms with Crippen molar-refractivity contribution in [3.63, 3.8) is 0 Å². The van der Waals surface area contributed by atoms with Crippen molar-refractivity contribution in [1.29, 1.82) is 0 Å². The molecule has 150 valence electrons. The van der Waals surface area contributed by atoms with E-state index in [-0.39, 0.29) is 18.0 Å². The summed E-state index contributed by atoms with van der Waals surface area (Å²) in [6.45, 7) is 1.05. The van der Waals surface area contributed by atoms with E-state index in [1.54, 1.807) is 21.8 Å². The molecule has 0 spiro atoms. The van der Waals surface area contributed by atoms with Gasteiger partial charge in [0.15, 0.2) is 11.5 Å². The number of fused-ring (bicyclic) bond motifs is 1. The Morgan fingerprint density at radius 3 is 2.93 bits per heavy atom. The van der Waals surface area contributed by atoms with Crippen molar-refractivity contribution >= 4 is 11.6 Å². The number of pyridine rings is 3. The van der Waals surface area contributed by atoms with Gasteiger partial charge in [0.2, 0.25) is 5.95 Å². The maximum absolute atomic E-state index is 13.4. The van der Waals surface area contributed by atoms with E-state index < -0.39 is 12.1 Å². The number of hydrogen-bond donors (Lipinski definition) is 0. The molecule has 5 rings (SSSR count). The Morgan fingerprint density at radius 1 is 1.17 bits per heavy atom. The second kappa shape index (κ2) is 7.60. The summed E-state index contributed by atoms with van der Waals surface area (Å²) >= 11 is 0. The Hall–Kier alpha value is -3.72. The van der Waals surface area contributed by atoms with E-state index in [1.165, 1.54) is 12.3 Å². The Morgan fingerprint density at radius 2 is 2.10 bits per heavy atom. The molecule has 1 aliphatic rings. The molecule has 4 aromatic heterocycles. The van der Waals surface area contributed by atoms with Crippen molar-refractivity contribution in [2.45, 2.75) is 6.10 Å². The molecule has 0 saturated carbocycles. The number of ether oxygens (including phenoxy) is 1. The summed E-state index contributed by atoms with van der Waals surface area (Å²) in [6.07, 6.45) is 6.22. The van der Waals surface area contributed by atoms with Crippen LogP contribution in [0, 0.1) is 5.95 Å². The van der Waals surface area contributed by atoms with Crippen LogP contribution in [0.25, 0.3) is 16.8 Å². The first-order valence-electron chi connectivity index (χ1n) is 9.46. The molecule has 4 aromatic rings. The minimum Gasteiger partial charge on any atom is -0.366 e. The Kier molecular flexibility index (Phi) is 4.64. The Labute approximate surface area is 171 Å². The van der Waals surface area contributed by atoms with Gasteiger partial charge < -0.3 is 9.64 Å². The van der Waals surface area contributed by atoms with E-state index in [0.717, 1.165) is 17.2 Å². The largest absolute Gasteiger partial charge is 0.366 e. The molecule has 30 heavy (non-hydrogen) atoms. The highest BCUT2D eigenvalue weighted by atomic mass is 19.1. The van der Waals surface area contributed by atoms with Gasteiger partial charge in [-0.3, -0.25) is 9.78 Å². The summed E-state index contributed by atoms with van der Waals surface area (Å²) in [5.41, 5.74) is 2.88. The summed E-state index contributed by atoms with van der Waals surface area (Å²) in [5.74, 6) is -0.457. The van der Waals surface area contributed by atoms with E-state index in [1.807, 2.05) is 30.5 Å². The lowest BCUT2D eigenvalue weighted by atomic mass is 10.1. The number of morpholine rings is 1. The predicted octanol–water partition coefficient (Wildman–Crippen LogP) is 2.54. The van der Waals surface area contributed by atoms with E-state index in [0.29, 0.717) is 24.6 Å². The highest BCUT2D eigenvalue weighted by molar-refractivity contribution is 5.94. The first-order valence-corrected chi connectivity index (χ1v) is 9.46. The lowest BCUT2D eigenvalue weighted by Gasteiger charge is -2.31. The minimum absolute atomic E-state index is 0.257. The molecule has 9 heteroatoms. The molecular weight excluding hydrogens is 387 g/mol. The molecule has 0 unspecified atom stereocenters. The fraction of sp³-hybridized carbons (Fsp3) is 0.190. The molecule has 1 amide bonds. The van der Waals surface area contributed by atoms with Gasteiger partial charge >= 0.3 is 0 Å². The molecule has 0 aromatic carbocycles. The topological polar surface area (TPSA) is 85.5 Å². The number of nitrogens with zero attached hydrogens (tertiary/aromatic N) is 6. The van der Waals surface area contributed by atoms with Gasteiger partial charge in [-0.25, -0.2) is 14.5 Å². The third-order valence-corrected chi connectivity index (χ3v) is 4.96. The quantitative estimate of drug-likeness (QED) is 0.488. The number of carbonyl (C=O) groups is 1. The number of rotatable bonds is 3. The monoisotopic (exact) mass is 404 g/mol. The molecule has 0 radical (unpaired) electrons. The average Bonchev–Trinajstić information content (AvgIpc) is 3.23. The van der Waals surface area contributed by atoms with Crippen LogP contribution in [-0.4, -0.2) is 55.1 Å². The number of hydrogen-bond acceptors (Lipinski definition) is 6. The molecule has 5 heterocycles. The Balaban J connectivity index is 1.39. The highest BCUT2D eigenvalue weighted by Crippen LogP contribution is 2.23. The van der Waals surface area contributed by atoms with Crippen LogP contribution in [0.15, 0.2) is 61.2 Å². The summed E-state index contributed by atoms with van der Waals surface area (Å²) in [4.78, 5) is 26.5. The van der Waals surface area contributed by atoms with Crippen molar-refractivity contribution < 1.29 is 13.9 Å². The normalized spacial score (nSPS) is 16.7. The van der Waals surface area contributed by atoms with Gasteiger partial charge in [-0.05, 0) is 24.3 Å². The standard InChI is InChI=1S/C21H17FN6O2/c22-18-10-14(5-7-24-18)21(29)27-8-9-30-17(13-27)20-25-19-4-3-16(12-28(19)26-20)15-2-1-6-23-11-15/h1-7,10-12,17H,8-9,13H2/t17-/m1/s1. The van der Waals surface area contributed by atoms with Crippen molar-refractivity contribution in [3.8, 4) is 11.1 Å². The van der Waals surface area contributed by atoms with E-state index >= 15 is 0 Å². The summed E-state index contributed by atoms with van der Waals surface area (Å²) in [7, 11) is 0. The van der Waals surface area contributed by atoms with Crippen molar-refractivity contribution in [1.82, 2.24) is 29.5 Å². The maximum Gasteiger partial charge on any atom is 0.254 e. The van der Waals surface area contributed by atoms with Gasteiger partial charge in [0, 0.05) is 54.1 Å². The fourth-order valence-corrected chi connectivity index (χ4v) is 3.45. The molecule has 8 nitrogen and oxygen atoms in total. The zero-order valence-electron chi connectivity index (χ0n) is 15.8. The van der Waals surface area contributed by atoms with Gasteiger partial charge in [0.1, 0.15) is 6.10 Å². The van der Waals surface area contributed by atoms with E-state index in [9.17, 15) is 9.18 Å². The molecule has 0 aliphatic carbocycles. The zero-order chi connectivity index (χ0) is 20.5. The smallest absolute Gasteiger partial charge is 0.254 e. The number of carbonyl (C=O) groups excluding carboxylic acids is 1. The summed E-state index contributed by atoms with van der Waals surface area (Å²) in [5, 5.41) is 4.56. The van der Waals surface area contributed by atoms with Crippen molar-refractivity contribution in [3.05, 3.63) is 78.5 Å². The molecule has 0 bridgehead atoms. The SMILES string of the molecule is O=C(c1ccnc(F)c1)N1CCO[C@@H](c2nc3ccc(-c4cccnc4)cn3n2)C1. The third-order valence-electron chi connectivity index (χ3n) is 4.96. The van der Waals surface area contributed by atoms with Crippen LogP contribution in [-0.2, 0) is 4.74 Å². The lowest BCUT2D eigenvalue weighted by Crippen LogP contribution is -2.42. The van der Waals surface area contributed by atoms with Crippen LogP contribution in [0.1, 0.15) is 22.3 Å². The molecule has 1 fully saturated rings. The molecule has 1 saturated heterocycles. The predicted molar refractivity (Wildman–Crippen MR) is 105 cm³/mol. The highest BCUT2D eigenvalue weighted by Gasteiger charge is 2.29. The average molecular weight is 404 g/mol. The van der Waals surface area contributed by atoms with Gasteiger partial charge in [-0.1, -0.05) is 6.07 Å². The van der Waals surface area contributed by atoms with Crippen LogP contribution >= 0.6 is 0 Å². The van der Waals surface area contributed by atoms with E-state index in [4.69, 9.17) is 4.74 Å². The third kappa shape index (κ3) is 3.50. The van der Waals surface area contributed by atoms with Crippen LogP contribution in [0.2, 0.25) is 0 Å². The number of amides is 1. The number of halogens is 1. The molecule has 1 aliphatic heterocycles. The van der Waals surface area contributed by atoms with Gasteiger partial charge in [-0.15, -0.1) is 5.10 Å². The lowest BCUT2D eigenvalue weighted by molar-refractivity contribution is -0.0267. The Bertz CT molecular complexity index is 1210. The maximum atomic E-state index is 13.4. The van der Waals surface area contributed by atoms with Crippen LogP contribution < -0.4 is 0 Å². The summed E-state index contributed by atoms with van der Waals surface area (Å²) in [6, 6.07) is 10.3. The molecule has 0 N–H and O–H groups in total. The molecule has 1 atom stereocenters. The fourth-order valence-electron chi connectivity index (χ4n) is 3.45.